The maximum Gasteiger partial charge on any atom is 0.304 e. The Morgan fingerprint density at radius 2 is 1.94 bits per heavy atom. The van der Waals surface area contributed by atoms with Crippen molar-refractivity contribution in [1.82, 2.24) is 4.90 Å². The van der Waals surface area contributed by atoms with Gasteiger partial charge in [0, 0.05) is 34.2 Å². The molecule has 1 aromatic heterocycles. The summed E-state index contributed by atoms with van der Waals surface area (Å²) in [5.41, 5.74) is 0.994. The molecule has 0 aliphatic heterocycles. The van der Waals surface area contributed by atoms with Gasteiger partial charge in [-0.15, -0.1) is 11.3 Å². The molecular formula is C26H31F2NOS. The van der Waals surface area contributed by atoms with Crippen LogP contribution in [0, 0.1) is 18.8 Å². The van der Waals surface area contributed by atoms with Gasteiger partial charge in [0.25, 0.3) is 0 Å². The summed E-state index contributed by atoms with van der Waals surface area (Å²) >= 11 is 1.77. The van der Waals surface area contributed by atoms with E-state index in [4.69, 9.17) is 0 Å². The van der Waals surface area contributed by atoms with Crippen LogP contribution in [0.5, 0.6) is 0 Å². The number of aldehydes is 1. The van der Waals surface area contributed by atoms with Crippen LogP contribution in [0.4, 0.5) is 8.78 Å². The topological polar surface area (TPSA) is 20.3 Å². The number of aryl methyl sites for hydroxylation is 2. The van der Waals surface area contributed by atoms with E-state index in [1.54, 1.807) is 11.3 Å². The molecule has 0 bridgehead atoms. The number of halogens is 2. The summed E-state index contributed by atoms with van der Waals surface area (Å²) < 4.78 is 27.5. The lowest BCUT2D eigenvalue weighted by atomic mass is 10.1. The van der Waals surface area contributed by atoms with Crippen LogP contribution in [0.15, 0.2) is 54.6 Å². The number of carbonyl (C=O) groups excluding carboxylic acids is 1. The molecule has 1 unspecified atom stereocenters. The molecule has 0 aliphatic carbocycles. The molecule has 31 heavy (non-hydrogen) atoms. The quantitative estimate of drug-likeness (QED) is 0.166. The van der Waals surface area contributed by atoms with Crippen LogP contribution in [-0.2, 0) is 11.2 Å². The van der Waals surface area contributed by atoms with Crippen molar-refractivity contribution in [3.8, 4) is 11.8 Å². The van der Waals surface area contributed by atoms with Crippen molar-refractivity contribution >= 4 is 17.6 Å². The van der Waals surface area contributed by atoms with E-state index in [0.29, 0.717) is 6.54 Å². The third kappa shape index (κ3) is 10.0. The van der Waals surface area contributed by atoms with Crippen LogP contribution in [-0.4, -0.2) is 36.7 Å². The van der Waals surface area contributed by atoms with Crippen LogP contribution in [0.25, 0.3) is 0 Å². The van der Waals surface area contributed by atoms with Crippen molar-refractivity contribution in [2.24, 2.45) is 0 Å². The Morgan fingerprint density at radius 3 is 2.61 bits per heavy atom. The smallest absolute Gasteiger partial charge is 0.300 e. The van der Waals surface area contributed by atoms with Gasteiger partial charge in [-0.3, -0.25) is 9.69 Å². The minimum atomic E-state index is -3.31. The number of alkyl halides is 2. The molecule has 0 fully saturated rings. The number of thiophene rings is 1. The van der Waals surface area contributed by atoms with Crippen molar-refractivity contribution in [1.29, 1.82) is 0 Å². The summed E-state index contributed by atoms with van der Waals surface area (Å²) in [7, 11) is 1.85. The van der Waals surface area contributed by atoms with E-state index in [0.717, 1.165) is 37.7 Å². The lowest BCUT2D eigenvalue weighted by Crippen LogP contribution is -2.37. The highest BCUT2D eigenvalue weighted by Crippen LogP contribution is 2.22. The van der Waals surface area contributed by atoms with Gasteiger partial charge in [-0.2, -0.15) is 8.78 Å². The van der Waals surface area contributed by atoms with Crippen LogP contribution < -0.4 is 0 Å². The average Bonchev–Trinajstić information content (AvgIpc) is 3.17. The van der Waals surface area contributed by atoms with Gasteiger partial charge in [0.05, 0.1) is 0 Å². The number of unbranched alkanes of at least 4 members (excludes halogenated alkanes) is 2. The SMILES string of the molecule is Cc1ccc(CCCN(C)C(/C=C/CCCC#Cc2ccccc2)CC(F)(F)C=O)s1. The van der Waals surface area contributed by atoms with Gasteiger partial charge in [-0.05, 0) is 70.5 Å². The fourth-order valence-electron chi connectivity index (χ4n) is 3.23. The van der Waals surface area contributed by atoms with E-state index in [-0.39, 0.29) is 6.29 Å². The van der Waals surface area contributed by atoms with Crippen LogP contribution in [0.2, 0.25) is 0 Å². The van der Waals surface area contributed by atoms with Crippen LogP contribution in [0.3, 0.4) is 0 Å². The first-order valence-corrected chi connectivity index (χ1v) is 11.5. The first-order valence-electron chi connectivity index (χ1n) is 10.7. The second-order valence-corrected chi connectivity index (χ2v) is 9.11. The third-order valence-electron chi connectivity index (χ3n) is 4.99. The van der Waals surface area contributed by atoms with Gasteiger partial charge in [0.2, 0.25) is 0 Å². The minimum Gasteiger partial charge on any atom is -0.300 e. The molecule has 1 atom stereocenters. The van der Waals surface area contributed by atoms with E-state index in [2.05, 4.69) is 30.9 Å². The fourth-order valence-corrected chi connectivity index (χ4v) is 4.17. The predicted octanol–water partition coefficient (Wildman–Crippen LogP) is 6.29. The Bertz CT molecular complexity index is 880. The Morgan fingerprint density at radius 1 is 1.16 bits per heavy atom. The number of hydrogen-bond donors (Lipinski definition) is 0. The van der Waals surface area contributed by atoms with Crippen molar-refractivity contribution < 1.29 is 13.6 Å². The van der Waals surface area contributed by atoms with E-state index in [1.807, 2.05) is 54.4 Å². The molecule has 0 N–H and O–H groups in total. The number of allylic oxidation sites excluding steroid dienone is 1. The number of carbonyl (C=O) groups is 1. The monoisotopic (exact) mass is 443 g/mol. The molecule has 0 saturated heterocycles. The molecule has 2 rings (SSSR count). The van der Waals surface area contributed by atoms with E-state index in [1.165, 1.54) is 9.75 Å². The van der Waals surface area contributed by atoms with Gasteiger partial charge >= 0.3 is 5.92 Å². The molecule has 0 amide bonds. The van der Waals surface area contributed by atoms with Crippen molar-refractivity contribution in [2.45, 2.75) is 57.4 Å². The highest BCUT2D eigenvalue weighted by molar-refractivity contribution is 7.11. The average molecular weight is 444 g/mol. The van der Waals surface area contributed by atoms with Gasteiger partial charge in [0.15, 0.2) is 6.29 Å². The number of nitrogens with zero attached hydrogens (tertiary/aromatic N) is 1. The number of benzene rings is 1. The first-order chi connectivity index (χ1) is 14.9. The number of hydrogen-bond acceptors (Lipinski definition) is 3. The van der Waals surface area contributed by atoms with Gasteiger partial charge in [-0.1, -0.05) is 42.2 Å². The maximum absolute atomic E-state index is 13.7. The van der Waals surface area contributed by atoms with Gasteiger partial charge < -0.3 is 0 Å². The molecule has 2 aromatic rings. The zero-order valence-corrected chi connectivity index (χ0v) is 19.1. The third-order valence-corrected chi connectivity index (χ3v) is 6.05. The molecule has 166 valence electrons. The normalized spacial score (nSPS) is 12.7. The Labute approximate surface area is 189 Å². The second kappa shape index (κ2) is 13.2. The molecule has 5 heteroatoms. The largest absolute Gasteiger partial charge is 0.304 e. The standard InChI is InChI=1S/C26H31F2NOS/c1-22-17-18-25(31-22)16-11-19-29(2)24(20-26(27,28)21-30)15-10-5-3-4-7-12-23-13-8-6-9-14-23/h6,8-10,13-15,17-18,21,24H,3-5,11,16,19-20H2,1-2H3/b15-10+. The molecule has 1 aromatic carbocycles. The van der Waals surface area contributed by atoms with Crippen LogP contribution >= 0.6 is 11.3 Å². The van der Waals surface area contributed by atoms with E-state index in [9.17, 15) is 13.6 Å². The summed E-state index contributed by atoms with van der Waals surface area (Å²) in [5, 5.41) is 0. The van der Waals surface area contributed by atoms with Crippen molar-refractivity contribution in [3.63, 3.8) is 0 Å². The molecule has 0 spiro atoms. The van der Waals surface area contributed by atoms with Crippen molar-refractivity contribution in [3.05, 3.63) is 69.9 Å². The molecular weight excluding hydrogens is 412 g/mol. The molecule has 2 nitrogen and oxygen atoms in total. The summed E-state index contributed by atoms with van der Waals surface area (Å²) in [5.74, 6) is 2.96. The van der Waals surface area contributed by atoms with E-state index < -0.39 is 18.4 Å². The zero-order valence-electron chi connectivity index (χ0n) is 18.3. The summed E-state index contributed by atoms with van der Waals surface area (Å²) in [4.78, 5) is 15.3. The van der Waals surface area contributed by atoms with Gasteiger partial charge in [0.1, 0.15) is 0 Å². The van der Waals surface area contributed by atoms with Gasteiger partial charge in [-0.25, -0.2) is 0 Å². The second-order valence-electron chi connectivity index (χ2n) is 7.74. The first kappa shape index (κ1) is 25.0. The molecule has 0 aliphatic rings. The van der Waals surface area contributed by atoms with E-state index >= 15 is 0 Å². The molecule has 0 radical (unpaired) electrons. The van der Waals surface area contributed by atoms with Crippen molar-refractivity contribution in [2.75, 3.05) is 13.6 Å². The summed E-state index contributed by atoms with van der Waals surface area (Å²) in [6, 6.07) is 13.6. The zero-order chi connectivity index (χ0) is 22.5. The minimum absolute atomic E-state index is 0.241. The number of rotatable bonds is 12. The highest BCUT2D eigenvalue weighted by Gasteiger charge is 2.32. The maximum atomic E-state index is 13.7. The number of likely N-dealkylation sites (N-methyl/N-ethyl adjacent to an activating group) is 1. The molecule has 1 heterocycles. The fraction of sp³-hybridized carbons (Fsp3) is 0.423. The van der Waals surface area contributed by atoms with Crippen LogP contribution in [0.1, 0.15) is 47.4 Å². The Balaban J connectivity index is 1.81. The lowest BCUT2D eigenvalue weighted by Gasteiger charge is -2.27. The predicted molar refractivity (Wildman–Crippen MR) is 126 cm³/mol. The molecule has 0 saturated carbocycles. The Hall–Kier alpha value is -2.29. The Kier molecular flexibility index (Phi) is 10.6. The lowest BCUT2D eigenvalue weighted by molar-refractivity contribution is -0.131. The summed E-state index contributed by atoms with van der Waals surface area (Å²) in [6.07, 6.45) is 7.25. The summed E-state index contributed by atoms with van der Waals surface area (Å²) in [6.45, 7) is 2.78. The highest BCUT2D eigenvalue weighted by atomic mass is 32.1.